The van der Waals surface area contributed by atoms with Crippen molar-refractivity contribution in [1.82, 2.24) is 29.9 Å². The van der Waals surface area contributed by atoms with Gasteiger partial charge >= 0.3 is 0 Å². The van der Waals surface area contributed by atoms with Gasteiger partial charge in [-0.05, 0) is 96.1 Å². The van der Waals surface area contributed by atoms with Crippen molar-refractivity contribution in [3.8, 4) is 113 Å². The number of nitrogens with zero attached hydrogens (tertiary/aromatic N) is 6. The Morgan fingerprint density at radius 1 is 0.187 bits per heavy atom. The molecule has 0 amide bonds. The number of aromatic nitrogens is 6. The zero-order valence-electron chi connectivity index (χ0n) is 65.7. The quantitative estimate of drug-likeness (QED) is 0.126. The number of furan rings is 1. The van der Waals surface area contributed by atoms with Crippen molar-refractivity contribution in [2.75, 3.05) is 0 Å². The molecular weight excluding hydrogens is 1570 g/mol. The van der Waals surface area contributed by atoms with Crippen molar-refractivity contribution in [3.63, 3.8) is 0 Å². The molecule has 26 rings (SSSR count). The Morgan fingerprint density at radius 3 is 1.02 bits per heavy atom. The van der Waals surface area contributed by atoms with E-state index in [9.17, 15) is 0 Å². The van der Waals surface area contributed by atoms with Gasteiger partial charge in [0.05, 0.1) is 45.2 Å². The lowest BCUT2D eigenvalue weighted by atomic mass is 9.91. The van der Waals surface area contributed by atoms with Crippen LogP contribution in [-0.2, 0) is 0 Å². The molecule has 0 aliphatic carbocycles. The van der Waals surface area contributed by atoms with E-state index in [2.05, 4.69) is 364 Å². The number of hydrogen-bond acceptors (Lipinski definition) is 11. The molecule has 0 N–H and O–H groups in total. The summed E-state index contributed by atoms with van der Waals surface area (Å²) in [6, 6.07) is 138. The summed E-state index contributed by atoms with van der Waals surface area (Å²) >= 11 is 7.34. The van der Waals surface area contributed by atoms with Crippen LogP contribution in [0.3, 0.4) is 0 Å². The van der Waals surface area contributed by atoms with Gasteiger partial charge in [0.15, 0.2) is 11.6 Å². The normalized spacial score (nSPS) is 11.9. The summed E-state index contributed by atoms with van der Waals surface area (Å²) in [5, 5.41) is 19.4. The van der Waals surface area contributed by atoms with E-state index in [1.807, 2.05) is 69.6 Å². The van der Waals surface area contributed by atoms with Crippen LogP contribution in [0, 0.1) is 0 Å². The molecular formula is C112H64N6OS4. The van der Waals surface area contributed by atoms with Crippen LogP contribution < -0.4 is 0 Å². The summed E-state index contributed by atoms with van der Waals surface area (Å²) in [5.74, 6) is 1.41. The molecule has 0 atom stereocenters. The molecule has 0 fully saturated rings. The molecule has 572 valence electrons. The molecule has 0 aliphatic heterocycles. The van der Waals surface area contributed by atoms with Crippen LogP contribution in [-0.4, -0.2) is 29.9 Å². The Balaban J connectivity index is 0.000000136. The molecule has 9 aromatic heterocycles. The van der Waals surface area contributed by atoms with Crippen LogP contribution in [0.4, 0.5) is 0 Å². The highest BCUT2D eigenvalue weighted by Gasteiger charge is 2.26. The molecule has 0 spiro atoms. The smallest absolute Gasteiger partial charge is 0.160 e. The summed E-state index contributed by atoms with van der Waals surface area (Å²) in [6.45, 7) is 0. The van der Waals surface area contributed by atoms with Gasteiger partial charge in [-0.1, -0.05) is 303 Å². The van der Waals surface area contributed by atoms with Gasteiger partial charge in [-0.25, -0.2) is 29.9 Å². The summed E-state index contributed by atoms with van der Waals surface area (Å²) in [5.41, 5.74) is 22.0. The van der Waals surface area contributed by atoms with E-state index in [1.165, 1.54) is 97.0 Å². The first-order valence-corrected chi connectivity index (χ1v) is 44.4. The van der Waals surface area contributed by atoms with E-state index in [4.69, 9.17) is 34.3 Å². The van der Waals surface area contributed by atoms with Gasteiger partial charge in [0.1, 0.15) is 11.2 Å². The largest absolute Gasteiger partial charge is 0.455 e. The van der Waals surface area contributed by atoms with Crippen LogP contribution in [0.15, 0.2) is 393 Å². The van der Waals surface area contributed by atoms with Crippen LogP contribution in [0.2, 0.25) is 0 Å². The minimum absolute atomic E-state index is 0.695. The fourth-order valence-electron chi connectivity index (χ4n) is 18.3. The summed E-state index contributed by atoms with van der Waals surface area (Å²) in [6.07, 6.45) is 0. The molecule has 0 aliphatic rings. The Kier molecular flexibility index (Phi) is 16.6. The molecule has 17 aromatic carbocycles. The number of pyridine rings is 2. The minimum Gasteiger partial charge on any atom is -0.455 e. The van der Waals surface area contributed by atoms with Gasteiger partial charge in [0.2, 0.25) is 0 Å². The monoisotopic (exact) mass is 1640 g/mol. The second-order valence-electron chi connectivity index (χ2n) is 31.4. The van der Waals surface area contributed by atoms with E-state index < -0.39 is 0 Å². The third-order valence-corrected chi connectivity index (χ3v) is 28.8. The average Bonchev–Trinajstić information content (AvgIpc) is 1.63. The maximum atomic E-state index is 6.79. The van der Waals surface area contributed by atoms with E-state index >= 15 is 0 Å². The van der Waals surface area contributed by atoms with Crippen molar-refractivity contribution >= 4 is 191 Å². The number of thiophene rings is 4. The first-order valence-electron chi connectivity index (χ1n) is 41.2. The Morgan fingerprint density at radius 2 is 0.528 bits per heavy atom. The van der Waals surface area contributed by atoms with Crippen LogP contribution in [0.25, 0.3) is 259 Å². The van der Waals surface area contributed by atoms with Crippen molar-refractivity contribution in [2.45, 2.75) is 0 Å². The highest BCUT2D eigenvalue weighted by molar-refractivity contribution is 7.27. The molecule has 0 saturated heterocycles. The summed E-state index contributed by atoms with van der Waals surface area (Å²) in [4.78, 5) is 31.6. The van der Waals surface area contributed by atoms with Crippen LogP contribution in [0.5, 0.6) is 0 Å². The van der Waals surface area contributed by atoms with E-state index in [0.29, 0.717) is 11.6 Å². The van der Waals surface area contributed by atoms with Gasteiger partial charge in [0.25, 0.3) is 0 Å². The lowest BCUT2D eigenvalue weighted by Gasteiger charge is -2.15. The first kappa shape index (κ1) is 70.9. The van der Waals surface area contributed by atoms with Crippen molar-refractivity contribution in [3.05, 3.63) is 388 Å². The van der Waals surface area contributed by atoms with Crippen LogP contribution >= 0.6 is 45.3 Å². The standard InChI is InChI=1S/C59H33N3S3.C53H31N3OS/c1-2-12-36(13-3-1)57-46-32-45(58-56(44-17-7-11-21-52(44)65-58)55(46)43-16-4-8-18-47(43)60-57)34-22-24-35(25-23-34)48-33-49(37-26-28-41-39-14-5-9-19-50(39)63-53(41)30-37)62-59(61-48)38-27-29-42-40-15-6-10-20-51(40)64-54(42)31-38;1-3-13-34(14-4-1)51-42-30-41(52-50(40-19-8-11-21-46(40)57-52)49(42)39-18-7-10-20-43(39)54-51)32-23-25-33(26-24-32)44-31-45(56-53(55-44)35-15-5-2-6-16-35)36-27-28-38-37-17-9-12-22-47(37)58-48(38)29-36/h1-33H;1-31H. The second-order valence-corrected chi connectivity index (χ2v) is 35.7. The van der Waals surface area contributed by atoms with Gasteiger partial charge in [-0.2, -0.15) is 0 Å². The Hall–Kier alpha value is -15.1. The lowest BCUT2D eigenvalue weighted by Crippen LogP contribution is -1.96. The maximum absolute atomic E-state index is 6.79. The zero-order valence-corrected chi connectivity index (χ0v) is 68.9. The highest BCUT2D eigenvalue weighted by Crippen LogP contribution is 2.51. The molecule has 0 radical (unpaired) electrons. The average molecular weight is 1640 g/mol. The van der Waals surface area contributed by atoms with E-state index in [0.717, 1.165) is 150 Å². The third-order valence-electron chi connectivity index (χ3n) is 24.2. The lowest BCUT2D eigenvalue weighted by molar-refractivity contribution is 0.670. The van der Waals surface area contributed by atoms with Gasteiger partial charge < -0.3 is 4.42 Å². The zero-order chi connectivity index (χ0) is 80.7. The molecule has 11 heteroatoms. The predicted octanol–water partition coefficient (Wildman–Crippen LogP) is 32.4. The predicted molar refractivity (Wildman–Crippen MR) is 523 cm³/mol. The number of fused-ring (bicyclic) bond motifs is 23. The fraction of sp³-hybridized carbons (Fsp3) is 0. The van der Waals surface area contributed by atoms with Crippen molar-refractivity contribution < 1.29 is 4.42 Å². The molecule has 0 unspecified atom stereocenters. The van der Waals surface area contributed by atoms with Gasteiger partial charge in [-0.3, -0.25) is 0 Å². The number of para-hydroxylation sites is 3. The molecule has 0 saturated carbocycles. The van der Waals surface area contributed by atoms with Crippen molar-refractivity contribution in [2.24, 2.45) is 0 Å². The van der Waals surface area contributed by atoms with Gasteiger partial charge in [-0.15, -0.1) is 45.3 Å². The number of hydrogen-bond donors (Lipinski definition) is 0. The summed E-state index contributed by atoms with van der Waals surface area (Å²) in [7, 11) is 0. The van der Waals surface area contributed by atoms with E-state index in [-0.39, 0.29) is 0 Å². The molecule has 7 nitrogen and oxygen atoms in total. The molecule has 26 aromatic rings. The minimum atomic E-state index is 0.695. The molecule has 0 bridgehead atoms. The topological polar surface area (TPSA) is 90.5 Å². The van der Waals surface area contributed by atoms with Crippen LogP contribution in [0.1, 0.15) is 0 Å². The molecule has 9 heterocycles. The SMILES string of the molecule is c1ccc(-c2nc(-c3ccc(-c4cc5c(-c6ccccc6)nc6ccccc6c5c5c4oc4ccccc45)cc3)cc(-c3ccc4c(c3)sc3ccccc34)n2)cc1.c1ccc(-c2nc3ccccc3c3c2cc(-c2ccc(-c4cc(-c5ccc6c(c5)sc5ccccc56)nc(-c5ccc6c(c5)sc5ccccc56)n4)cc2)c2sc4ccccc4c23)cc1. The summed E-state index contributed by atoms with van der Waals surface area (Å²) < 4.78 is 16.9. The Bertz CT molecular complexity index is 8690. The second kappa shape index (κ2) is 28.8. The number of rotatable bonds is 10. The fourth-order valence-corrected chi connectivity index (χ4v) is 23.0. The number of benzene rings is 17. The Labute approximate surface area is 720 Å². The maximum Gasteiger partial charge on any atom is 0.160 e. The van der Waals surface area contributed by atoms with E-state index in [1.54, 1.807) is 0 Å². The highest BCUT2D eigenvalue weighted by atomic mass is 32.1. The van der Waals surface area contributed by atoms with Crippen molar-refractivity contribution in [1.29, 1.82) is 0 Å². The molecule has 123 heavy (non-hydrogen) atoms. The van der Waals surface area contributed by atoms with Gasteiger partial charge in [0, 0.05) is 179 Å². The third kappa shape index (κ3) is 12.0. The first-order chi connectivity index (χ1) is 60.9.